The fourth-order valence-electron chi connectivity index (χ4n) is 1.35. The Hall–Kier alpha value is -1.40. The van der Waals surface area contributed by atoms with Crippen molar-refractivity contribution in [2.45, 2.75) is 17.7 Å². The van der Waals surface area contributed by atoms with Crippen LogP contribution < -0.4 is 5.32 Å². The number of hydrogen-bond donors (Lipinski definition) is 2. The highest BCUT2D eigenvalue weighted by molar-refractivity contribution is 7.90. The number of carbonyl (C=O) groups excluding carboxylic acids is 1. The Morgan fingerprint density at radius 3 is 2.59 bits per heavy atom. The molecule has 0 aromatic heterocycles. The molecule has 0 spiro atoms. The maximum absolute atomic E-state index is 11.5. The van der Waals surface area contributed by atoms with Crippen molar-refractivity contribution >= 4 is 21.4 Å². The first kappa shape index (κ1) is 13.7. The summed E-state index contributed by atoms with van der Waals surface area (Å²) in [5.74, 6) is -0.310. The summed E-state index contributed by atoms with van der Waals surface area (Å²) in [5, 5.41) is 11.1. The number of rotatable bonds is 5. The zero-order chi connectivity index (χ0) is 12.9. The molecule has 0 saturated carbocycles. The van der Waals surface area contributed by atoms with E-state index >= 15 is 0 Å². The summed E-state index contributed by atoms with van der Waals surface area (Å²) >= 11 is 0. The standard InChI is InChI=1S/C11H15NO4S/c1-17(15,16)10-6-3-2-5-9(10)12-11(14)7-4-8-13/h2-3,5-6,13H,4,7-8H2,1H3,(H,12,14). The van der Waals surface area contributed by atoms with Crippen molar-refractivity contribution in [3.63, 3.8) is 0 Å². The number of aliphatic hydroxyl groups is 1. The van der Waals surface area contributed by atoms with Crippen LogP contribution in [0, 0.1) is 0 Å². The average Bonchev–Trinajstić information content (AvgIpc) is 2.25. The molecule has 1 rings (SSSR count). The van der Waals surface area contributed by atoms with Gasteiger partial charge in [-0.25, -0.2) is 8.42 Å². The number of aliphatic hydroxyl groups excluding tert-OH is 1. The lowest BCUT2D eigenvalue weighted by Crippen LogP contribution is -2.14. The van der Waals surface area contributed by atoms with Crippen molar-refractivity contribution in [2.24, 2.45) is 0 Å². The first-order valence-corrected chi connectivity index (χ1v) is 7.04. The minimum Gasteiger partial charge on any atom is -0.396 e. The first-order chi connectivity index (χ1) is 7.95. The lowest BCUT2D eigenvalue weighted by molar-refractivity contribution is -0.116. The van der Waals surface area contributed by atoms with Gasteiger partial charge in [0, 0.05) is 19.3 Å². The summed E-state index contributed by atoms with van der Waals surface area (Å²) in [4.78, 5) is 11.5. The molecule has 0 heterocycles. The smallest absolute Gasteiger partial charge is 0.224 e. The van der Waals surface area contributed by atoms with E-state index in [2.05, 4.69) is 5.32 Å². The van der Waals surface area contributed by atoms with Crippen molar-refractivity contribution < 1.29 is 18.3 Å². The maximum atomic E-state index is 11.5. The monoisotopic (exact) mass is 257 g/mol. The molecule has 6 heteroatoms. The molecule has 0 unspecified atom stereocenters. The summed E-state index contributed by atoms with van der Waals surface area (Å²) < 4.78 is 22.9. The SMILES string of the molecule is CS(=O)(=O)c1ccccc1NC(=O)CCCO. The predicted molar refractivity (Wildman–Crippen MR) is 64.5 cm³/mol. The third kappa shape index (κ3) is 4.16. The fraction of sp³-hybridized carbons (Fsp3) is 0.364. The number of para-hydroxylation sites is 1. The molecule has 94 valence electrons. The fourth-order valence-corrected chi connectivity index (χ4v) is 2.19. The molecular weight excluding hydrogens is 242 g/mol. The molecule has 0 fully saturated rings. The van der Waals surface area contributed by atoms with Gasteiger partial charge in [-0.2, -0.15) is 0 Å². The molecule has 1 amide bonds. The van der Waals surface area contributed by atoms with Crippen LogP contribution in [-0.2, 0) is 14.6 Å². The lowest BCUT2D eigenvalue weighted by atomic mass is 10.2. The van der Waals surface area contributed by atoms with Crippen molar-refractivity contribution in [3.05, 3.63) is 24.3 Å². The number of sulfone groups is 1. The molecule has 17 heavy (non-hydrogen) atoms. The molecule has 0 aliphatic rings. The van der Waals surface area contributed by atoms with E-state index in [0.29, 0.717) is 6.42 Å². The number of benzene rings is 1. The van der Waals surface area contributed by atoms with Crippen molar-refractivity contribution in [1.29, 1.82) is 0 Å². The number of nitrogens with one attached hydrogen (secondary N) is 1. The predicted octanol–water partition coefficient (Wildman–Crippen LogP) is 0.801. The Balaban J connectivity index is 2.88. The van der Waals surface area contributed by atoms with E-state index in [0.717, 1.165) is 6.26 Å². The summed E-state index contributed by atoms with van der Waals surface area (Å²) in [6.07, 6.45) is 1.60. The molecule has 0 aliphatic heterocycles. The second-order valence-corrected chi connectivity index (χ2v) is 5.63. The second kappa shape index (κ2) is 5.79. The lowest BCUT2D eigenvalue weighted by Gasteiger charge is -2.09. The minimum atomic E-state index is -3.36. The van der Waals surface area contributed by atoms with E-state index < -0.39 is 9.84 Å². The molecule has 0 saturated heterocycles. The third-order valence-corrected chi connectivity index (χ3v) is 3.28. The van der Waals surface area contributed by atoms with Gasteiger partial charge in [-0.05, 0) is 18.6 Å². The van der Waals surface area contributed by atoms with Crippen molar-refractivity contribution in [3.8, 4) is 0 Å². The van der Waals surface area contributed by atoms with Gasteiger partial charge in [-0.3, -0.25) is 4.79 Å². The molecule has 0 atom stereocenters. The van der Waals surface area contributed by atoms with E-state index in [9.17, 15) is 13.2 Å². The zero-order valence-corrected chi connectivity index (χ0v) is 10.3. The summed E-state index contributed by atoms with van der Waals surface area (Å²) in [6, 6.07) is 6.22. The molecule has 1 aromatic carbocycles. The highest BCUT2D eigenvalue weighted by Crippen LogP contribution is 2.20. The first-order valence-electron chi connectivity index (χ1n) is 5.15. The van der Waals surface area contributed by atoms with Crippen LogP contribution in [0.25, 0.3) is 0 Å². The quantitative estimate of drug-likeness (QED) is 0.817. The number of anilines is 1. The van der Waals surface area contributed by atoms with Gasteiger partial charge < -0.3 is 10.4 Å². The summed E-state index contributed by atoms with van der Waals surface area (Å²) in [7, 11) is -3.36. The van der Waals surface area contributed by atoms with Crippen LogP contribution in [0.2, 0.25) is 0 Å². The van der Waals surface area contributed by atoms with E-state index in [1.807, 2.05) is 0 Å². The topological polar surface area (TPSA) is 83.5 Å². The largest absolute Gasteiger partial charge is 0.396 e. The van der Waals surface area contributed by atoms with Gasteiger partial charge in [-0.1, -0.05) is 12.1 Å². The molecule has 0 radical (unpaired) electrons. The van der Waals surface area contributed by atoms with Gasteiger partial charge in [0.25, 0.3) is 0 Å². The molecule has 2 N–H and O–H groups in total. The van der Waals surface area contributed by atoms with Crippen molar-refractivity contribution in [1.82, 2.24) is 0 Å². The van der Waals surface area contributed by atoms with Crippen LogP contribution in [0.1, 0.15) is 12.8 Å². The van der Waals surface area contributed by atoms with Crippen LogP contribution in [0.15, 0.2) is 29.2 Å². The number of carbonyl (C=O) groups is 1. The van der Waals surface area contributed by atoms with Gasteiger partial charge >= 0.3 is 0 Å². The number of hydrogen-bond acceptors (Lipinski definition) is 4. The van der Waals surface area contributed by atoms with E-state index in [1.54, 1.807) is 12.1 Å². The number of amides is 1. The summed E-state index contributed by atoms with van der Waals surface area (Å²) in [5.41, 5.74) is 0.276. The molecule has 1 aromatic rings. The third-order valence-electron chi connectivity index (χ3n) is 2.12. The molecule has 5 nitrogen and oxygen atoms in total. The Bertz CT molecular complexity index is 496. The Labute approximate surface area is 100 Å². The Kier molecular flexibility index (Phi) is 4.65. The average molecular weight is 257 g/mol. The van der Waals surface area contributed by atoms with E-state index in [4.69, 9.17) is 5.11 Å². The highest BCUT2D eigenvalue weighted by Gasteiger charge is 2.13. The second-order valence-electron chi connectivity index (χ2n) is 3.64. The normalized spacial score (nSPS) is 11.2. The molecule has 0 bridgehead atoms. The van der Waals surface area contributed by atoms with Gasteiger partial charge in [0.05, 0.1) is 10.6 Å². The maximum Gasteiger partial charge on any atom is 0.224 e. The Morgan fingerprint density at radius 1 is 1.35 bits per heavy atom. The van der Waals surface area contributed by atoms with Gasteiger partial charge in [0.2, 0.25) is 5.91 Å². The zero-order valence-electron chi connectivity index (χ0n) is 9.51. The van der Waals surface area contributed by atoms with Crippen LogP contribution in [0.4, 0.5) is 5.69 Å². The minimum absolute atomic E-state index is 0.0683. The van der Waals surface area contributed by atoms with Gasteiger partial charge in [0.15, 0.2) is 9.84 Å². The van der Waals surface area contributed by atoms with Crippen LogP contribution in [0.3, 0.4) is 0 Å². The van der Waals surface area contributed by atoms with Crippen molar-refractivity contribution in [2.75, 3.05) is 18.2 Å². The molecular formula is C11H15NO4S. The van der Waals surface area contributed by atoms with E-state index in [1.165, 1.54) is 12.1 Å². The molecule has 0 aliphatic carbocycles. The van der Waals surface area contributed by atoms with Crippen LogP contribution in [-0.4, -0.2) is 32.3 Å². The van der Waals surface area contributed by atoms with Gasteiger partial charge in [0.1, 0.15) is 0 Å². The highest BCUT2D eigenvalue weighted by atomic mass is 32.2. The summed E-state index contributed by atoms with van der Waals surface area (Å²) in [6.45, 7) is -0.0683. The van der Waals surface area contributed by atoms with Gasteiger partial charge in [-0.15, -0.1) is 0 Å². The van der Waals surface area contributed by atoms with Crippen LogP contribution >= 0.6 is 0 Å². The van der Waals surface area contributed by atoms with E-state index in [-0.39, 0.29) is 29.5 Å². The Morgan fingerprint density at radius 2 is 2.00 bits per heavy atom. The van der Waals surface area contributed by atoms with Crippen LogP contribution in [0.5, 0.6) is 0 Å².